The van der Waals surface area contributed by atoms with Crippen LogP contribution in [0.5, 0.6) is 0 Å². The highest BCUT2D eigenvalue weighted by molar-refractivity contribution is 7.13. The molecule has 0 aromatic carbocycles. The van der Waals surface area contributed by atoms with Crippen LogP contribution in [0.3, 0.4) is 0 Å². The molecule has 24 heavy (non-hydrogen) atoms. The molecule has 1 amide bonds. The summed E-state index contributed by atoms with van der Waals surface area (Å²) in [7, 11) is 0. The number of hydrogen-bond donors (Lipinski definition) is 2. The minimum atomic E-state index is -0.568. The molecule has 2 heterocycles. The number of rotatable bonds is 7. The zero-order chi connectivity index (χ0) is 17.5. The maximum atomic E-state index is 11.9. The van der Waals surface area contributed by atoms with Crippen LogP contribution in [0.1, 0.15) is 19.0 Å². The second-order valence-electron chi connectivity index (χ2n) is 4.73. The summed E-state index contributed by atoms with van der Waals surface area (Å²) in [6.07, 6.45) is 1.42. The number of anilines is 1. The van der Waals surface area contributed by atoms with E-state index < -0.39 is 11.2 Å². The molecule has 128 valence electrons. The number of thiazole rings is 1. The number of aryl methyl sites for hydroxylation is 1. The van der Waals surface area contributed by atoms with Crippen molar-refractivity contribution in [1.29, 1.82) is 0 Å². The van der Waals surface area contributed by atoms with Gasteiger partial charge in [0.1, 0.15) is 0 Å². The van der Waals surface area contributed by atoms with Crippen molar-refractivity contribution in [2.24, 2.45) is 0 Å². The molecule has 0 fully saturated rings. The summed E-state index contributed by atoms with van der Waals surface area (Å²) in [5.74, 6) is -0.705. The van der Waals surface area contributed by atoms with Gasteiger partial charge >= 0.3 is 11.7 Å². The zero-order valence-corrected chi connectivity index (χ0v) is 13.7. The minimum Gasteiger partial charge on any atom is -0.466 e. The fraction of sp³-hybridized carbons (Fsp3) is 0.357. The number of H-pyrrole nitrogens is 1. The van der Waals surface area contributed by atoms with Crippen LogP contribution in [0.4, 0.5) is 5.13 Å². The molecule has 0 aliphatic rings. The maximum absolute atomic E-state index is 11.9. The van der Waals surface area contributed by atoms with Gasteiger partial charge in [-0.2, -0.15) is 0 Å². The fourth-order valence-electron chi connectivity index (χ4n) is 1.83. The van der Waals surface area contributed by atoms with Crippen LogP contribution >= 0.6 is 11.3 Å². The van der Waals surface area contributed by atoms with Crippen LogP contribution in [0, 0.1) is 0 Å². The first-order valence-corrected chi connectivity index (χ1v) is 8.05. The monoisotopic (exact) mass is 352 g/mol. The first-order valence-electron chi connectivity index (χ1n) is 7.17. The van der Waals surface area contributed by atoms with Gasteiger partial charge in [-0.3, -0.25) is 19.4 Å². The average molecular weight is 352 g/mol. The predicted octanol–water partition coefficient (Wildman–Crippen LogP) is 0.128. The van der Waals surface area contributed by atoms with E-state index >= 15 is 0 Å². The van der Waals surface area contributed by atoms with Gasteiger partial charge in [0.25, 0.3) is 5.56 Å². The summed E-state index contributed by atoms with van der Waals surface area (Å²) >= 11 is 1.20. The Morgan fingerprint density at radius 1 is 1.42 bits per heavy atom. The highest BCUT2D eigenvalue weighted by Gasteiger charge is 2.10. The first kappa shape index (κ1) is 17.6. The van der Waals surface area contributed by atoms with Gasteiger partial charge in [-0.25, -0.2) is 9.78 Å². The lowest BCUT2D eigenvalue weighted by molar-refractivity contribution is -0.142. The molecule has 0 spiro atoms. The van der Waals surface area contributed by atoms with Gasteiger partial charge in [0, 0.05) is 30.6 Å². The minimum absolute atomic E-state index is 0.0404. The summed E-state index contributed by atoms with van der Waals surface area (Å²) in [6.45, 7) is 2.15. The molecule has 0 radical (unpaired) electrons. The predicted molar refractivity (Wildman–Crippen MR) is 87.0 cm³/mol. The van der Waals surface area contributed by atoms with Crippen molar-refractivity contribution in [1.82, 2.24) is 14.5 Å². The number of hydrogen-bond acceptors (Lipinski definition) is 7. The Balaban J connectivity index is 1.86. The van der Waals surface area contributed by atoms with E-state index in [1.807, 2.05) is 0 Å². The standard InChI is InChI=1S/C14H16N4O5S/c1-2-23-12(21)7-9-8-24-13(15-9)16-10(19)3-5-18-6-4-11(20)17-14(18)22/h4,6,8H,2-3,5,7H2,1H3,(H,15,16,19)(H,17,20,22). The average Bonchev–Trinajstić information content (AvgIpc) is 2.93. The van der Waals surface area contributed by atoms with Gasteiger partial charge in [0.15, 0.2) is 5.13 Å². The molecule has 2 aromatic rings. The lowest BCUT2D eigenvalue weighted by Gasteiger charge is -2.04. The number of esters is 1. The SMILES string of the molecule is CCOC(=O)Cc1csc(NC(=O)CCn2ccc(=O)[nH]c2=O)n1. The molecule has 0 saturated heterocycles. The van der Waals surface area contributed by atoms with Crippen molar-refractivity contribution in [2.75, 3.05) is 11.9 Å². The molecule has 0 atom stereocenters. The van der Waals surface area contributed by atoms with Gasteiger partial charge in [0.05, 0.1) is 18.7 Å². The van der Waals surface area contributed by atoms with E-state index in [4.69, 9.17) is 4.74 Å². The van der Waals surface area contributed by atoms with Gasteiger partial charge in [-0.1, -0.05) is 0 Å². The third-order valence-corrected chi connectivity index (χ3v) is 3.71. The van der Waals surface area contributed by atoms with Crippen LogP contribution in [0.25, 0.3) is 0 Å². The topological polar surface area (TPSA) is 123 Å². The molecule has 0 bridgehead atoms. The molecule has 9 nitrogen and oxygen atoms in total. The highest BCUT2D eigenvalue weighted by atomic mass is 32.1. The van der Waals surface area contributed by atoms with Crippen LogP contribution in [0.15, 0.2) is 27.2 Å². The van der Waals surface area contributed by atoms with E-state index in [0.717, 1.165) is 0 Å². The van der Waals surface area contributed by atoms with Crippen molar-refractivity contribution >= 4 is 28.3 Å². The van der Waals surface area contributed by atoms with Crippen LogP contribution in [-0.2, 0) is 27.3 Å². The van der Waals surface area contributed by atoms with E-state index in [-0.39, 0.29) is 31.3 Å². The van der Waals surface area contributed by atoms with E-state index in [0.29, 0.717) is 17.4 Å². The molecule has 0 saturated carbocycles. The number of carbonyl (C=O) groups is 2. The number of aromatic nitrogens is 3. The maximum Gasteiger partial charge on any atom is 0.328 e. The Hall–Kier alpha value is -2.75. The second kappa shape index (κ2) is 8.20. The van der Waals surface area contributed by atoms with E-state index in [1.165, 1.54) is 28.2 Å². The Morgan fingerprint density at radius 2 is 2.21 bits per heavy atom. The number of nitrogens with zero attached hydrogens (tertiary/aromatic N) is 2. The smallest absolute Gasteiger partial charge is 0.328 e. The number of carbonyl (C=O) groups excluding carboxylic acids is 2. The Labute approximate surface area is 140 Å². The summed E-state index contributed by atoms with van der Waals surface area (Å²) in [5, 5.41) is 4.63. The van der Waals surface area contributed by atoms with Crippen LogP contribution in [-0.4, -0.2) is 33.0 Å². The van der Waals surface area contributed by atoms with Crippen molar-refractivity contribution < 1.29 is 14.3 Å². The number of ether oxygens (including phenoxy) is 1. The summed E-state index contributed by atoms with van der Waals surface area (Å²) < 4.78 is 6.06. The zero-order valence-electron chi connectivity index (χ0n) is 12.9. The second-order valence-corrected chi connectivity index (χ2v) is 5.59. The summed E-state index contributed by atoms with van der Waals surface area (Å²) in [6, 6.07) is 1.21. The van der Waals surface area contributed by atoms with Crippen LogP contribution in [0.2, 0.25) is 0 Å². The number of amides is 1. The normalized spacial score (nSPS) is 10.4. The third kappa shape index (κ3) is 5.16. The van der Waals surface area contributed by atoms with Gasteiger partial charge in [-0.05, 0) is 6.92 Å². The van der Waals surface area contributed by atoms with Crippen molar-refractivity contribution in [3.8, 4) is 0 Å². The van der Waals surface area contributed by atoms with Gasteiger partial charge in [-0.15, -0.1) is 11.3 Å². The summed E-state index contributed by atoms with van der Waals surface area (Å²) in [5.41, 5.74) is -0.538. The third-order valence-electron chi connectivity index (χ3n) is 2.91. The van der Waals surface area contributed by atoms with Crippen LogP contribution < -0.4 is 16.6 Å². The van der Waals surface area contributed by atoms with Crippen molar-refractivity contribution in [2.45, 2.75) is 26.3 Å². The molecule has 0 aliphatic carbocycles. The van der Waals surface area contributed by atoms with Crippen molar-refractivity contribution in [3.63, 3.8) is 0 Å². The van der Waals surface area contributed by atoms with Gasteiger partial charge in [0.2, 0.25) is 5.91 Å². The molecule has 0 aliphatic heterocycles. The molecule has 2 N–H and O–H groups in total. The van der Waals surface area contributed by atoms with E-state index in [9.17, 15) is 19.2 Å². The molecule has 2 aromatic heterocycles. The lowest BCUT2D eigenvalue weighted by Crippen LogP contribution is -2.29. The van der Waals surface area contributed by atoms with E-state index in [2.05, 4.69) is 15.3 Å². The molecule has 2 rings (SSSR count). The van der Waals surface area contributed by atoms with Gasteiger partial charge < -0.3 is 14.6 Å². The summed E-state index contributed by atoms with van der Waals surface area (Å²) in [4.78, 5) is 51.9. The Bertz CT molecular complexity index is 838. The molecular formula is C14H16N4O5S. The molecular weight excluding hydrogens is 336 g/mol. The highest BCUT2D eigenvalue weighted by Crippen LogP contribution is 2.16. The Morgan fingerprint density at radius 3 is 2.92 bits per heavy atom. The largest absolute Gasteiger partial charge is 0.466 e. The first-order chi connectivity index (χ1) is 11.5. The molecule has 0 unspecified atom stereocenters. The molecule has 10 heteroatoms. The quantitative estimate of drug-likeness (QED) is 0.683. The number of nitrogens with one attached hydrogen (secondary N) is 2. The van der Waals surface area contributed by atoms with E-state index in [1.54, 1.807) is 12.3 Å². The fourth-order valence-corrected chi connectivity index (χ4v) is 2.56. The lowest BCUT2D eigenvalue weighted by atomic mass is 10.3. The van der Waals surface area contributed by atoms with Crippen molar-refractivity contribution in [3.05, 3.63) is 44.2 Å². The number of aromatic amines is 1. The Kier molecular flexibility index (Phi) is 6.01.